The molecule has 0 saturated carbocycles. The number of carbonyl (C=O) groups is 1. The fourth-order valence-electron chi connectivity index (χ4n) is 3.72. The number of nitrogens with zero attached hydrogens (tertiary/aromatic N) is 3. The van der Waals surface area contributed by atoms with Crippen LogP contribution in [0.15, 0.2) is 54.6 Å². The van der Waals surface area contributed by atoms with Gasteiger partial charge in [0.1, 0.15) is 0 Å². The molecular formula is C23H24N4O. The third-order valence-corrected chi connectivity index (χ3v) is 5.30. The Kier molecular flexibility index (Phi) is 4.82. The number of hydrogen-bond donors (Lipinski definition) is 1. The number of aromatic nitrogens is 3. The Hall–Kier alpha value is -3.21. The molecule has 0 saturated heterocycles. The molecule has 2 aromatic carbocycles. The maximum Gasteiger partial charge on any atom is 0.220 e. The van der Waals surface area contributed by atoms with E-state index in [0.717, 1.165) is 39.1 Å². The molecule has 0 aliphatic rings. The molecule has 1 N–H and O–H groups in total. The lowest BCUT2D eigenvalue weighted by Crippen LogP contribution is -2.27. The van der Waals surface area contributed by atoms with Gasteiger partial charge in [-0.1, -0.05) is 42.5 Å². The van der Waals surface area contributed by atoms with Crippen molar-refractivity contribution in [1.82, 2.24) is 19.9 Å². The highest BCUT2D eigenvalue weighted by Crippen LogP contribution is 2.23. The zero-order chi connectivity index (χ0) is 19.7. The van der Waals surface area contributed by atoms with Gasteiger partial charge in [-0.25, -0.2) is 9.50 Å². The van der Waals surface area contributed by atoms with Crippen LogP contribution in [-0.4, -0.2) is 20.5 Å². The Morgan fingerprint density at radius 2 is 1.79 bits per heavy atom. The fraction of sp³-hybridized carbons (Fsp3) is 0.261. The minimum atomic E-state index is -0.00656. The summed E-state index contributed by atoms with van der Waals surface area (Å²) >= 11 is 0. The molecule has 28 heavy (non-hydrogen) atoms. The second-order valence-electron chi connectivity index (χ2n) is 7.21. The van der Waals surface area contributed by atoms with E-state index >= 15 is 0 Å². The lowest BCUT2D eigenvalue weighted by molar-refractivity contribution is -0.121. The lowest BCUT2D eigenvalue weighted by atomic mass is 10.1. The van der Waals surface area contributed by atoms with Crippen LogP contribution in [0.25, 0.3) is 16.6 Å². The summed E-state index contributed by atoms with van der Waals surface area (Å²) < 4.78 is 1.90. The van der Waals surface area contributed by atoms with Crippen LogP contribution in [0.2, 0.25) is 0 Å². The normalized spacial score (nSPS) is 12.4. The summed E-state index contributed by atoms with van der Waals surface area (Å²) in [5, 5.41) is 8.82. The van der Waals surface area contributed by atoms with Crippen molar-refractivity contribution in [1.29, 1.82) is 0 Å². The first kappa shape index (κ1) is 18.2. The molecule has 5 heteroatoms. The van der Waals surface area contributed by atoms with Gasteiger partial charge in [-0.2, -0.15) is 5.10 Å². The molecule has 0 radical (unpaired) electrons. The van der Waals surface area contributed by atoms with Crippen molar-refractivity contribution in [2.75, 3.05) is 0 Å². The van der Waals surface area contributed by atoms with Gasteiger partial charge in [-0.15, -0.1) is 0 Å². The van der Waals surface area contributed by atoms with Gasteiger partial charge in [0.15, 0.2) is 5.65 Å². The van der Waals surface area contributed by atoms with Crippen molar-refractivity contribution in [3.8, 4) is 0 Å². The summed E-state index contributed by atoms with van der Waals surface area (Å²) in [6, 6.07) is 18.0. The Labute approximate surface area is 164 Å². The number of hydrogen-bond acceptors (Lipinski definition) is 3. The van der Waals surface area contributed by atoms with E-state index in [2.05, 4.69) is 10.4 Å². The molecule has 0 fully saturated rings. The van der Waals surface area contributed by atoms with Gasteiger partial charge in [0.25, 0.3) is 0 Å². The molecule has 0 spiro atoms. The van der Waals surface area contributed by atoms with Crippen molar-refractivity contribution in [2.24, 2.45) is 0 Å². The minimum absolute atomic E-state index is 0.00656. The average molecular weight is 372 g/mol. The molecule has 4 aromatic rings. The highest BCUT2D eigenvalue weighted by atomic mass is 16.1. The first-order chi connectivity index (χ1) is 13.5. The average Bonchev–Trinajstić information content (AvgIpc) is 3.07. The number of rotatable bonds is 5. The van der Waals surface area contributed by atoms with Crippen molar-refractivity contribution in [2.45, 2.75) is 39.7 Å². The number of fused-ring (bicyclic) bond motifs is 3. The molecule has 142 valence electrons. The van der Waals surface area contributed by atoms with Crippen molar-refractivity contribution < 1.29 is 4.79 Å². The molecule has 2 heterocycles. The smallest absolute Gasteiger partial charge is 0.220 e. The topological polar surface area (TPSA) is 59.3 Å². The largest absolute Gasteiger partial charge is 0.350 e. The number of aryl methyl sites for hydroxylation is 2. The van der Waals surface area contributed by atoms with E-state index in [1.165, 1.54) is 0 Å². The molecule has 5 nitrogen and oxygen atoms in total. The maximum atomic E-state index is 12.5. The van der Waals surface area contributed by atoms with E-state index < -0.39 is 0 Å². The third-order valence-electron chi connectivity index (χ3n) is 5.30. The van der Waals surface area contributed by atoms with Crippen LogP contribution in [0.3, 0.4) is 0 Å². The molecule has 0 aliphatic heterocycles. The van der Waals surface area contributed by atoms with Gasteiger partial charge in [0, 0.05) is 23.2 Å². The van der Waals surface area contributed by atoms with Crippen molar-refractivity contribution in [3.63, 3.8) is 0 Å². The molecule has 1 atom stereocenters. The fourth-order valence-corrected chi connectivity index (χ4v) is 3.72. The predicted octanol–water partition coefficient (Wildman–Crippen LogP) is 4.31. The summed E-state index contributed by atoms with van der Waals surface area (Å²) in [7, 11) is 0. The molecular weight excluding hydrogens is 348 g/mol. The van der Waals surface area contributed by atoms with Crippen LogP contribution in [0.5, 0.6) is 0 Å². The van der Waals surface area contributed by atoms with E-state index in [1.54, 1.807) is 0 Å². The summed E-state index contributed by atoms with van der Waals surface area (Å²) in [5.41, 5.74) is 6.00. The molecule has 1 amide bonds. The summed E-state index contributed by atoms with van der Waals surface area (Å²) in [5.74, 6) is 0.0425. The van der Waals surface area contributed by atoms with Crippen LogP contribution in [0.1, 0.15) is 41.9 Å². The van der Waals surface area contributed by atoms with Gasteiger partial charge in [0.2, 0.25) is 5.91 Å². The Balaban J connectivity index is 1.53. The van der Waals surface area contributed by atoms with E-state index in [1.807, 2.05) is 79.9 Å². The number of benzene rings is 2. The van der Waals surface area contributed by atoms with Gasteiger partial charge < -0.3 is 5.32 Å². The second-order valence-corrected chi connectivity index (χ2v) is 7.21. The SMILES string of the molecule is Cc1nc2c3ccccc3nn2c(C)c1CCC(=O)NC(C)c1ccccc1. The van der Waals surface area contributed by atoms with Crippen molar-refractivity contribution in [3.05, 3.63) is 77.1 Å². The van der Waals surface area contributed by atoms with Gasteiger partial charge in [-0.05, 0) is 50.5 Å². The molecule has 2 aromatic heterocycles. The molecule has 4 rings (SSSR count). The summed E-state index contributed by atoms with van der Waals surface area (Å²) in [6.45, 7) is 6.06. The van der Waals surface area contributed by atoms with Crippen LogP contribution in [-0.2, 0) is 11.2 Å². The zero-order valence-electron chi connectivity index (χ0n) is 16.4. The second kappa shape index (κ2) is 7.43. The first-order valence-corrected chi connectivity index (χ1v) is 9.62. The van der Waals surface area contributed by atoms with Crippen LogP contribution < -0.4 is 5.32 Å². The maximum absolute atomic E-state index is 12.5. The Bertz CT molecular complexity index is 1150. The van der Waals surface area contributed by atoms with E-state index in [4.69, 9.17) is 4.98 Å². The van der Waals surface area contributed by atoms with Crippen LogP contribution in [0, 0.1) is 13.8 Å². The van der Waals surface area contributed by atoms with E-state index in [-0.39, 0.29) is 11.9 Å². The van der Waals surface area contributed by atoms with Gasteiger partial charge >= 0.3 is 0 Å². The molecule has 0 bridgehead atoms. The Morgan fingerprint density at radius 3 is 2.57 bits per heavy atom. The predicted molar refractivity (Wildman–Crippen MR) is 111 cm³/mol. The van der Waals surface area contributed by atoms with E-state index in [9.17, 15) is 4.79 Å². The molecule has 0 aliphatic carbocycles. The number of amides is 1. The van der Waals surface area contributed by atoms with Crippen LogP contribution in [0.4, 0.5) is 0 Å². The minimum Gasteiger partial charge on any atom is -0.350 e. The number of nitrogens with one attached hydrogen (secondary N) is 1. The quantitative estimate of drug-likeness (QED) is 0.568. The monoisotopic (exact) mass is 372 g/mol. The van der Waals surface area contributed by atoms with Crippen molar-refractivity contribution >= 4 is 22.5 Å². The van der Waals surface area contributed by atoms with E-state index in [0.29, 0.717) is 12.8 Å². The lowest BCUT2D eigenvalue weighted by Gasteiger charge is -2.15. The summed E-state index contributed by atoms with van der Waals surface area (Å²) in [4.78, 5) is 17.3. The third kappa shape index (κ3) is 3.36. The Morgan fingerprint density at radius 1 is 1.07 bits per heavy atom. The standard InChI is InChI=1S/C23H24N4O/c1-15(18-9-5-4-6-10-18)24-22(28)14-13-19-16(2)25-23-20-11-7-8-12-21(20)26-27(23)17(19)3/h4-12,15H,13-14H2,1-3H3,(H,24,28). The zero-order valence-corrected chi connectivity index (χ0v) is 16.4. The molecule has 1 unspecified atom stereocenters. The first-order valence-electron chi connectivity index (χ1n) is 9.62. The van der Waals surface area contributed by atoms with Gasteiger partial charge in [-0.3, -0.25) is 4.79 Å². The number of carbonyl (C=O) groups excluding carboxylic acids is 1. The van der Waals surface area contributed by atoms with Gasteiger partial charge in [0.05, 0.1) is 11.6 Å². The summed E-state index contributed by atoms with van der Waals surface area (Å²) in [6.07, 6.45) is 1.07. The highest BCUT2D eigenvalue weighted by molar-refractivity contribution is 5.92. The van der Waals surface area contributed by atoms with Crippen LogP contribution >= 0.6 is 0 Å². The highest BCUT2D eigenvalue weighted by Gasteiger charge is 2.15.